The van der Waals surface area contributed by atoms with Crippen molar-refractivity contribution in [3.05, 3.63) is 35.9 Å². The SMILES string of the molecule is CC(=O)O[C@@H]1C[C@H](COCc2ccccc2)O[C@@]2(OCC[C@@H](O[Si](C)(C)C(C)(C)C)[C@@H]2C)[C@@H]1C. The van der Waals surface area contributed by atoms with E-state index in [1.165, 1.54) is 6.92 Å². The fourth-order valence-corrected chi connectivity index (χ4v) is 6.30. The molecule has 34 heavy (non-hydrogen) atoms. The minimum atomic E-state index is -1.98. The summed E-state index contributed by atoms with van der Waals surface area (Å²) in [4.78, 5) is 11.9. The summed E-state index contributed by atoms with van der Waals surface area (Å²) >= 11 is 0. The Morgan fingerprint density at radius 2 is 1.76 bits per heavy atom. The summed E-state index contributed by atoms with van der Waals surface area (Å²) in [5.41, 5.74) is 1.11. The highest BCUT2D eigenvalue weighted by Gasteiger charge is 2.58. The summed E-state index contributed by atoms with van der Waals surface area (Å²) in [6, 6.07) is 10.1. The summed E-state index contributed by atoms with van der Waals surface area (Å²) < 4.78 is 31.8. The summed E-state index contributed by atoms with van der Waals surface area (Å²) in [6.07, 6.45) is 0.906. The van der Waals surface area contributed by atoms with Gasteiger partial charge in [0.25, 0.3) is 0 Å². The first-order valence-electron chi connectivity index (χ1n) is 12.6. The monoisotopic (exact) mass is 492 g/mol. The fraction of sp³-hybridized carbons (Fsp3) is 0.741. The van der Waals surface area contributed by atoms with E-state index < -0.39 is 14.1 Å². The number of benzene rings is 1. The number of carbonyl (C=O) groups is 1. The van der Waals surface area contributed by atoms with Crippen molar-refractivity contribution in [3.8, 4) is 0 Å². The van der Waals surface area contributed by atoms with Gasteiger partial charge < -0.3 is 23.4 Å². The summed E-state index contributed by atoms with van der Waals surface area (Å²) in [5, 5.41) is 0.116. The third-order valence-electron chi connectivity index (χ3n) is 7.95. The van der Waals surface area contributed by atoms with Gasteiger partial charge >= 0.3 is 5.97 Å². The topological polar surface area (TPSA) is 63.2 Å². The molecule has 192 valence electrons. The van der Waals surface area contributed by atoms with E-state index in [-0.39, 0.29) is 41.2 Å². The van der Waals surface area contributed by atoms with Crippen LogP contribution < -0.4 is 0 Å². The average Bonchev–Trinajstić information content (AvgIpc) is 2.74. The molecule has 0 bridgehead atoms. The van der Waals surface area contributed by atoms with Crippen molar-refractivity contribution >= 4 is 14.3 Å². The van der Waals surface area contributed by atoms with Gasteiger partial charge in [0.2, 0.25) is 0 Å². The van der Waals surface area contributed by atoms with Gasteiger partial charge in [0.15, 0.2) is 14.1 Å². The first-order chi connectivity index (χ1) is 15.9. The molecule has 0 unspecified atom stereocenters. The maximum Gasteiger partial charge on any atom is 0.302 e. The number of hydrogen-bond donors (Lipinski definition) is 0. The highest BCUT2D eigenvalue weighted by atomic mass is 28.4. The first-order valence-corrected chi connectivity index (χ1v) is 15.5. The van der Waals surface area contributed by atoms with Crippen molar-refractivity contribution in [1.29, 1.82) is 0 Å². The number of ether oxygens (including phenoxy) is 4. The lowest BCUT2D eigenvalue weighted by molar-refractivity contribution is -0.370. The zero-order valence-electron chi connectivity index (χ0n) is 22.3. The molecule has 6 atom stereocenters. The zero-order valence-corrected chi connectivity index (χ0v) is 23.3. The highest BCUT2D eigenvalue weighted by Crippen LogP contribution is 2.48. The number of hydrogen-bond acceptors (Lipinski definition) is 6. The molecule has 2 fully saturated rings. The second-order valence-electron chi connectivity index (χ2n) is 11.5. The van der Waals surface area contributed by atoms with Crippen molar-refractivity contribution in [3.63, 3.8) is 0 Å². The van der Waals surface area contributed by atoms with E-state index in [0.717, 1.165) is 12.0 Å². The lowest BCUT2D eigenvalue weighted by atomic mass is 9.76. The summed E-state index contributed by atoms with van der Waals surface area (Å²) in [6.45, 7) is 18.5. The van der Waals surface area contributed by atoms with Crippen LogP contribution in [0.4, 0.5) is 0 Å². The molecule has 0 amide bonds. The van der Waals surface area contributed by atoms with E-state index >= 15 is 0 Å². The minimum absolute atomic E-state index is 0.0136. The van der Waals surface area contributed by atoms with Crippen LogP contribution >= 0.6 is 0 Å². The molecule has 6 nitrogen and oxygen atoms in total. The quantitative estimate of drug-likeness (QED) is 0.359. The third kappa shape index (κ3) is 6.11. The lowest BCUT2D eigenvalue weighted by Crippen LogP contribution is -2.65. The standard InChI is InChI=1S/C27H44O6Si/c1-19-24(33-34(7,8)26(4,5)6)14-15-30-27(19)20(2)25(31-21(3)28)16-23(32-27)18-29-17-22-12-10-9-11-13-22/h9-13,19-20,23-25H,14-18H2,1-8H3/t19-,20+,23+,24+,25+,27+/m0/s1. The van der Waals surface area contributed by atoms with Crippen molar-refractivity contribution in [1.82, 2.24) is 0 Å². The largest absolute Gasteiger partial charge is 0.462 e. The van der Waals surface area contributed by atoms with E-state index in [4.69, 9.17) is 23.4 Å². The van der Waals surface area contributed by atoms with Crippen LogP contribution in [0.5, 0.6) is 0 Å². The molecule has 2 aliphatic rings. The van der Waals surface area contributed by atoms with Gasteiger partial charge in [-0.15, -0.1) is 0 Å². The van der Waals surface area contributed by atoms with Crippen LogP contribution in [0, 0.1) is 11.8 Å². The van der Waals surface area contributed by atoms with Gasteiger partial charge in [-0.2, -0.15) is 0 Å². The Kier molecular flexibility index (Phi) is 8.67. The van der Waals surface area contributed by atoms with Crippen LogP contribution in [-0.2, 0) is 34.8 Å². The van der Waals surface area contributed by atoms with Crippen LogP contribution in [0.2, 0.25) is 18.1 Å². The molecule has 0 saturated carbocycles. The Hall–Kier alpha value is -1.25. The molecule has 1 aromatic rings. The minimum Gasteiger partial charge on any atom is -0.462 e. The van der Waals surface area contributed by atoms with Gasteiger partial charge in [0, 0.05) is 25.2 Å². The molecule has 1 spiro atoms. The lowest BCUT2D eigenvalue weighted by Gasteiger charge is -2.56. The molecule has 0 N–H and O–H groups in total. The Morgan fingerprint density at radius 3 is 2.38 bits per heavy atom. The van der Waals surface area contributed by atoms with Gasteiger partial charge in [-0.1, -0.05) is 65.0 Å². The maximum absolute atomic E-state index is 11.9. The van der Waals surface area contributed by atoms with Crippen molar-refractivity contribution < 1.29 is 28.2 Å². The van der Waals surface area contributed by atoms with E-state index in [1.54, 1.807) is 0 Å². The molecule has 0 radical (unpaired) electrons. The van der Waals surface area contributed by atoms with Crippen LogP contribution in [-0.4, -0.2) is 51.6 Å². The van der Waals surface area contributed by atoms with Crippen molar-refractivity contribution in [2.75, 3.05) is 13.2 Å². The van der Waals surface area contributed by atoms with Gasteiger partial charge in [-0.3, -0.25) is 4.79 Å². The number of esters is 1. The fourth-order valence-electron chi connectivity index (χ4n) is 4.86. The Labute approximate surface area is 206 Å². The highest BCUT2D eigenvalue weighted by molar-refractivity contribution is 6.74. The van der Waals surface area contributed by atoms with E-state index in [1.807, 2.05) is 30.3 Å². The normalized spacial score (nSPS) is 32.5. The Morgan fingerprint density at radius 1 is 1.12 bits per heavy atom. The molecular weight excluding hydrogens is 448 g/mol. The van der Waals surface area contributed by atoms with Crippen LogP contribution in [0.1, 0.15) is 59.9 Å². The molecule has 0 aromatic heterocycles. The van der Waals surface area contributed by atoms with E-state index in [0.29, 0.717) is 26.2 Å². The van der Waals surface area contributed by atoms with Crippen LogP contribution in [0.15, 0.2) is 30.3 Å². The second kappa shape index (κ2) is 10.8. The van der Waals surface area contributed by atoms with Crippen LogP contribution in [0.3, 0.4) is 0 Å². The molecule has 2 heterocycles. The van der Waals surface area contributed by atoms with Gasteiger partial charge in [0.1, 0.15) is 6.10 Å². The maximum atomic E-state index is 11.9. The molecule has 1 aromatic carbocycles. The first kappa shape index (κ1) is 27.3. The van der Waals surface area contributed by atoms with Crippen molar-refractivity contribution in [2.24, 2.45) is 11.8 Å². The zero-order chi connectivity index (χ0) is 25.1. The van der Waals surface area contributed by atoms with E-state index in [9.17, 15) is 4.79 Å². The Bertz CT molecular complexity index is 807. The Balaban J connectivity index is 1.78. The average molecular weight is 493 g/mol. The van der Waals surface area contributed by atoms with Crippen LogP contribution in [0.25, 0.3) is 0 Å². The predicted molar refractivity (Wildman–Crippen MR) is 135 cm³/mol. The van der Waals surface area contributed by atoms with Crippen molar-refractivity contribution in [2.45, 2.75) is 103 Å². The third-order valence-corrected chi connectivity index (χ3v) is 12.4. The van der Waals surface area contributed by atoms with E-state index in [2.05, 4.69) is 47.7 Å². The molecule has 2 aliphatic heterocycles. The second-order valence-corrected chi connectivity index (χ2v) is 16.2. The number of carbonyl (C=O) groups excluding carboxylic acids is 1. The molecule has 3 rings (SSSR count). The smallest absolute Gasteiger partial charge is 0.302 e. The summed E-state index contributed by atoms with van der Waals surface area (Å²) in [7, 11) is -1.98. The van der Waals surface area contributed by atoms with Gasteiger partial charge in [0.05, 0.1) is 32.0 Å². The van der Waals surface area contributed by atoms with Gasteiger partial charge in [-0.25, -0.2) is 0 Å². The number of rotatable bonds is 7. The molecule has 0 aliphatic carbocycles. The molecule has 7 heteroatoms. The molecular formula is C27H44O6Si. The predicted octanol–water partition coefficient (Wildman–Crippen LogP) is 5.70. The molecule has 2 saturated heterocycles. The summed E-state index contributed by atoms with van der Waals surface area (Å²) in [5.74, 6) is -1.30. The van der Waals surface area contributed by atoms with Gasteiger partial charge in [-0.05, 0) is 30.1 Å².